The lowest BCUT2D eigenvalue weighted by Gasteiger charge is -2.13. The quantitative estimate of drug-likeness (QED) is 0.889. The summed E-state index contributed by atoms with van der Waals surface area (Å²) >= 11 is 0. The summed E-state index contributed by atoms with van der Waals surface area (Å²) in [7, 11) is 0. The monoisotopic (exact) mass is 322 g/mol. The molecule has 2 aromatic carbocycles. The zero-order valence-corrected chi connectivity index (χ0v) is 13.8. The Labute approximate surface area is 142 Å². The first-order valence-corrected chi connectivity index (χ1v) is 8.33. The lowest BCUT2D eigenvalue weighted by Crippen LogP contribution is -2.38. The van der Waals surface area contributed by atoms with Crippen molar-refractivity contribution in [3.8, 4) is 0 Å². The Morgan fingerprint density at radius 1 is 1.17 bits per heavy atom. The SMILES string of the molecule is Cc1ccc(Cc2ccccc2C(=O)NCC2CCC(=O)N2)cc1. The van der Waals surface area contributed by atoms with Gasteiger partial charge in [0.05, 0.1) is 0 Å². The Bertz CT molecular complexity index is 738. The van der Waals surface area contributed by atoms with Crippen LogP contribution < -0.4 is 10.6 Å². The molecule has 1 unspecified atom stereocenters. The number of aryl methyl sites for hydroxylation is 1. The maximum Gasteiger partial charge on any atom is 0.251 e. The van der Waals surface area contributed by atoms with Crippen LogP contribution in [-0.4, -0.2) is 24.4 Å². The van der Waals surface area contributed by atoms with Crippen LogP contribution in [0.4, 0.5) is 0 Å². The molecular weight excluding hydrogens is 300 g/mol. The minimum Gasteiger partial charge on any atom is -0.352 e. The number of carbonyl (C=O) groups is 2. The normalized spacial score (nSPS) is 16.7. The van der Waals surface area contributed by atoms with E-state index in [9.17, 15) is 9.59 Å². The van der Waals surface area contributed by atoms with Crippen molar-refractivity contribution >= 4 is 11.8 Å². The van der Waals surface area contributed by atoms with E-state index in [1.165, 1.54) is 11.1 Å². The number of rotatable bonds is 5. The first-order valence-electron chi connectivity index (χ1n) is 8.33. The number of hydrogen-bond acceptors (Lipinski definition) is 2. The van der Waals surface area contributed by atoms with Gasteiger partial charge in [0.25, 0.3) is 5.91 Å². The Morgan fingerprint density at radius 3 is 2.62 bits per heavy atom. The van der Waals surface area contributed by atoms with Gasteiger partial charge in [-0.25, -0.2) is 0 Å². The van der Waals surface area contributed by atoms with Crippen LogP contribution in [0.3, 0.4) is 0 Å². The molecule has 4 nitrogen and oxygen atoms in total. The molecule has 2 N–H and O–H groups in total. The summed E-state index contributed by atoms with van der Waals surface area (Å²) in [6.45, 7) is 2.54. The van der Waals surface area contributed by atoms with E-state index < -0.39 is 0 Å². The molecule has 0 aromatic heterocycles. The molecule has 0 bridgehead atoms. The summed E-state index contributed by atoms with van der Waals surface area (Å²) in [6, 6.07) is 16.1. The molecule has 3 rings (SSSR count). The van der Waals surface area contributed by atoms with Crippen molar-refractivity contribution in [1.82, 2.24) is 10.6 Å². The molecule has 124 valence electrons. The molecule has 0 saturated carbocycles. The van der Waals surface area contributed by atoms with E-state index in [2.05, 4.69) is 41.8 Å². The van der Waals surface area contributed by atoms with Gasteiger partial charge in [0.2, 0.25) is 5.91 Å². The van der Waals surface area contributed by atoms with Gasteiger partial charge in [0.15, 0.2) is 0 Å². The average molecular weight is 322 g/mol. The van der Waals surface area contributed by atoms with Gasteiger partial charge in [-0.1, -0.05) is 48.0 Å². The van der Waals surface area contributed by atoms with Crippen LogP contribution in [0.2, 0.25) is 0 Å². The van der Waals surface area contributed by atoms with Gasteiger partial charge < -0.3 is 10.6 Å². The predicted molar refractivity (Wildman–Crippen MR) is 93.9 cm³/mol. The summed E-state index contributed by atoms with van der Waals surface area (Å²) < 4.78 is 0. The van der Waals surface area contributed by atoms with Crippen LogP contribution in [0.1, 0.15) is 39.9 Å². The molecule has 1 aliphatic rings. The number of benzene rings is 2. The topological polar surface area (TPSA) is 58.2 Å². The van der Waals surface area contributed by atoms with E-state index in [4.69, 9.17) is 0 Å². The highest BCUT2D eigenvalue weighted by Gasteiger charge is 2.21. The fourth-order valence-electron chi connectivity index (χ4n) is 2.96. The van der Waals surface area contributed by atoms with E-state index in [0.29, 0.717) is 18.5 Å². The van der Waals surface area contributed by atoms with Crippen LogP contribution in [-0.2, 0) is 11.2 Å². The van der Waals surface area contributed by atoms with E-state index in [1.54, 1.807) is 0 Å². The molecule has 2 amide bonds. The minimum atomic E-state index is -0.0844. The fourth-order valence-corrected chi connectivity index (χ4v) is 2.96. The zero-order chi connectivity index (χ0) is 16.9. The van der Waals surface area contributed by atoms with Gasteiger partial charge in [-0.15, -0.1) is 0 Å². The third-order valence-corrected chi connectivity index (χ3v) is 4.37. The van der Waals surface area contributed by atoms with Gasteiger partial charge in [-0.2, -0.15) is 0 Å². The Hall–Kier alpha value is -2.62. The third-order valence-electron chi connectivity index (χ3n) is 4.37. The molecule has 2 aromatic rings. The van der Waals surface area contributed by atoms with Crippen molar-refractivity contribution in [2.75, 3.05) is 6.54 Å². The van der Waals surface area contributed by atoms with Crippen LogP contribution in [0.25, 0.3) is 0 Å². The molecule has 0 spiro atoms. The standard InChI is InChI=1S/C20H22N2O2/c1-14-6-8-15(9-7-14)12-16-4-2-3-5-18(16)20(24)21-13-17-10-11-19(23)22-17/h2-9,17H,10-13H2,1H3,(H,21,24)(H,22,23). The summed E-state index contributed by atoms with van der Waals surface area (Å²) in [6.07, 6.45) is 2.05. The highest BCUT2D eigenvalue weighted by molar-refractivity contribution is 5.95. The molecule has 1 heterocycles. The molecule has 1 aliphatic heterocycles. The van der Waals surface area contributed by atoms with Gasteiger partial charge >= 0.3 is 0 Å². The van der Waals surface area contributed by atoms with E-state index >= 15 is 0 Å². The maximum atomic E-state index is 12.5. The first kappa shape index (κ1) is 16.2. The molecule has 4 heteroatoms. The van der Waals surface area contributed by atoms with Gasteiger partial charge in [-0.3, -0.25) is 9.59 Å². The molecule has 1 fully saturated rings. The number of amides is 2. The maximum absolute atomic E-state index is 12.5. The van der Waals surface area contributed by atoms with Crippen LogP contribution in [0.15, 0.2) is 48.5 Å². The summed E-state index contributed by atoms with van der Waals surface area (Å²) in [5.41, 5.74) is 4.11. The number of hydrogen-bond donors (Lipinski definition) is 2. The number of nitrogens with one attached hydrogen (secondary N) is 2. The molecule has 24 heavy (non-hydrogen) atoms. The minimum absolute atomic E-state index is 0.0470. The Morgan fingerprint density at radius 2 is 1.92 bits per heavy atom. The van der Waals surface area contributed by atoms with Crippen LogP contribution in [0, 0.1) is 6.92 Å². The molecule has 0 radical (unpaired) electrons. The predicted octanol–water partition coefficient (Wildman–Crippen LogP) is 2.59. The van der Waals surface area contributed by atoms with Crippen molar-refractivity contribution in [1.29, 1.82) is 0 Å². The molecule has 0 aliphatic carbocycles. The average Bonchev–Trinajstić information content (AvgIpc) is 3.01. The molecule has 1 atom stereocenters. The first-order chi connectivity index (χ1) is 11.6. The third kappa shape index (κ3) is 4.02. The Kier molecular flexibility index (Phi) is 4.94. The van der Waals surface area contributed by atoms with Crippen LogP contribution >= 0.6 is 0 Å². The van der Waals surface area contributed by atoms with E-state index in [0.717, 1.165) is 18.4 Å². The smallest absolute Gasteiger partial charge is 0.251 e. The number of carbonyl (C=O) groups excluding carboxylic acids is 2. The summed E-state index contributed by atoms with van der Waals surface area (Å²) in [5, 5.41) is 5.81. The van der Waals surface area contributed by atoms with Crippen LogP contribution in [0.5, 0.6) is 0 Å². The second-order valence-electron chi connectivity index (χ2n) is 6.33. The van der Waals surface area contributed by atoms with Crippen molar-refractivity contribution in [3.63, 3.8) is 0 Å². The van der Waals surface area contributed by atoms with Gasteiger partial charge in [0.1, 0.15) is 0 Å². The lowest BCUT2D eigenvalue weighted by atomic mass is 9.98. The second-order valence-corrected chi connectivity index (χ2v) is 6.33. The largest absolute Gasteiger partial charge is 0.352 e. The van der Waals surface area contributed by atoms with Crippen molar-refractivity contribution in [2.24, 2.45) is 0 Å². The van der Waals surface area contributed by atoms with Crippen molar-refractivity contribution in [2.45, 2.75) is 32.2 Å². The Balaban J connectivity index is 1.67. The highest BCUT2D eigenvalue weighted by atomic mass is 16.2. The fraction of sp³-hybridized carbons (Fsp3) is 0.300. The lowest BCUT2D eigenvalue weighted by molar-refractivity contribution is -0.119. The highest BCUT2D eigenvalue weighted by Crippen LogP contribution is 2.15. The van der Waals surface area contributed by atoms with Crippen molar-refractivity contribution < 1.29 is 9.59 Å². The van der Waals surface area contributed by atoms with E-state index in [1.807, 2.05) is 24.3 Å². The van der Waals surface area contributed by atoms with E-state index in [-0.39, 0.29) is 17.9 Å². The van der Waals surface area contributed by atoms with Gasteiger partial charge in [-0.05, 0) is 37.0 Å². The van der Waals surface area contributed by atoms with Gasteiger partial charge in [0, 0.05) is 24.6 Å². The summed E-state index contributed by atoms with van der Waals surface area (Å²) in [4.78, 5) is 23.7. The second kappa shape index (κ2) is 7.30. The van der Waals surface area contributed by atoms with Crippen molar-refractivity contribution in [3.05, 3.63) is 70.8 Å². The summed E-state index contributed by atoms with van der Waals surface area (Å²) in [5.74, 6) is -0.0205. The molecule has 1 saturated heterocycles. The molecular formula is C20H22N2O2. The zero-order valence-electron chi connectivity index (χ0n) is 13.8.